The number of benzene rings is 2. The Bertz CT molecular complexity index is 724. The van der Waals surface area contributed by atoms with Gasteiger partial charge < -0.3 is 14.7 Å². The molecule has 0 heterocycles. The fourth-order valence-corrected chi connectivity index (χ4v) is 2.97. The molecule has 6 nitrogen and oxygen atoms in total. The molecule has 0 amide bonds. The molecule has 0 radical (unpaired) electrons. The van der Waals surface area contributed by atoms with Gasteiger partial charge >= 0.3 is 7.82 Å². The van der Waals surface area contributed by atoms with E-state index in [0.717, 1.165) is 12.0 Å². The van der Waals surface area contributed by atoms with Crippen molar-refractivity contribution >= 4 is 7.82 Å². The SMILES string of the molecule is CCCC(c1cccc(O)c1)c1cc(O)ccc1OP(=O)(O)O. The summed E-state index contributed by atoms with van der Waals surface area (Å²) in [6, 6.07) is 10.7. The first kappa shape index (κ1) is 17.3. The molecular formula is C16H19O6P. The highest BCUT2D eigenvalue weighted by Crippen LogP contribution is 2.44. The highest BCUT2D eigenvalue weighted by molar-refractivity contribution is 7.46. The van der Waals surface area contributed by atoms with Crippen LogP contribution in [0.25, 0.3) is 0 Å². The minimum absolute atomic E-state index is 0.0120. The second kappa shape index (κ2) is 7.04. The second-order valence-electron chi connectivity index (χ2n) is 5.24. The van der Waals surface area contributed by atoms with Crippen LogP contribution in [0.4, 0.5) is 0 Å². The van der Waals surface area contributed by atoms with Gasteiger partial charge in [0.1, 0.15) is 17.2 Å². The molecule has 0 saturated carbocycles. The van der Waals surface area contributed by atoms with Crippen molar-refractivity contribution in [3.8, 4) is 17.2 Å². The van der Waals surface area contributed by atoms with E-state index in [1.54, 1.807) is 18.2 Å². The first-order valence-corrected chi connectivity index (χ1v) is 8.70. The smallest absolute Gasteiger partial charge is 0.508 e. The summed E-state index contributed by atoms with van der Waals surface area (Å²) in [5.41, 5.74) is 1.23. The summed E-state index contributed by atoms with van der Waals surface area (Å²) in [6.45, 7) is 1.97. The van der Waals surface area contributed by atoms with Crippen molar-refractivity contribution in [3.63, 3.8) is 0 Å². The lowest BCUT2D eigenvalue weighted by atomic mass is 9.87. The Morgan fingerprint density at radius 1 is 1.09 bits per heavy atom. The average molecular weight is 338 g/mol. The maximum atomic E-state index is 11.2. The van der Waals surface area contributed by atoms with Crippen LogP contribution >= 0.6 is 7.82 Å². The van der Waals surface area contributed by atoms with Crippen molar-refractivity contribution in [1.29, 1.82) is 0 Å². The Morgan fingerprint density at radius 3 is 2.39 bits per heavy atom. The van der Waals surface area contributed by atoms with E-state index in [9.17, 15) is 14.8 Å². The standard InChI is InChI=1S/C16H19O6P/c1-2-4-14(11-5-3-6-12(17)9-11)15-10-13(18)7-8-16(15)22-23(19,20)21/h3,5-10,14,17-18H,2,4H2,1H3,(H2,19,20,21). The van der Waals surface area contributed by atoms with Crippen molar-refractivity contribution in [2.45, 2.75) is 25.7 Å². The molecule has 124 valence electrons. The monoisotopic (exact) mass is 338 g/mol. The quantitative estimate of drug-likeness (QED) is 0.601. The number of rotatable bonds is 6. The van der Waals surface area contributed by atoms with Crippen molar-refractivity contribution in [3.05, 3.63) is 53.6 Å². The lowest BCUT2D eigenvalue weighted by molar-refractivity contribution is 0.281. The van der Waals surface area contributed by atoms with Gasteiger partial charge in [-0.25, -0.2) is 4.57 Å². The molecule has 1 atom stereocenters. The van der Waals surface area contributed by atoms with Gasteiger partial charge in [0.2, 0.25) is 0 Å². The number of phosphoric ester groups is 1. The predicted molar refractivity (Wildman–Crippen MR) is 85.6 cm³/mol. The molecule has 2 aromatic carbocycles. The van der Waals surface area contributed by atoms with Crippen LogP contribution in [0.2, 0.25) is 0 Å². The van der Waals surface area contributed by atoms with Crippen LogP contribution in [-0.2, 0) is 4.57 Å². The molecule has 7 heteroatoms. The summed E-state index contributed by atoms with van der Waals surface area (Å²) in [6.07, 6.45) is 1.45. The second-order valence-corrected chi connectivity index (χ2v) is 6.40. The van der Waals surface area contributed by atoms with Crippen LogP contribution in [0.15, 0.2) is 42.5 Å². The third-order valence-electron chi connectivity index (χ3n) is 3.44. The van der Waals surface area contributed by atoms with E-state index in [-0.39, 0.29) is 23.2 Å². The maximum absolute atomic E-state index is 11.2. The van der Waals surface area contributed by atoms with Gasteiger partial charge in [-0.15, -0.1) is 0 Å². The number of phosphoric acid groups is 1. The van der Waals surface area contributed by atoms with Gasteiger partial charge in [0.15, 0.2) is 0 Å². The van der Waals surface area contributed by atoms with Gasteiger partial charge in [0, 0.05) is 11.5 Å². The van der Waals surface area contributed by atoms with E-state index >= 15 is 0 Å². The van der Waals surface area contributed by atoms with Crippen molar-refractivity contribution in [1.82, 2.24) is 0 Å². The summed E-state index contributed by atoms with van der Waals surface area (Å²) in [5.74, 6) is -0.195. The first-order valence-electron chi connectivity index (χ1n) is 7.17. The molecule has 1 unspecified atom stereocenters. The third-order valence-corrected chi connectivity index (χ3v) is 3.87. The molecule has 0 bridgehead atoms. The Labute approximate surface area is 134 Å². The third kappa shape index (κ3) is 4.73. The normalized spacial score (nSPS) is 12.8. The van der Waals surface area contributed by atoms with Gasteiger partial charge in [-0.3, -0.25) is 9.79 Å². The van der Waals surface area contributed by atoms with Gasteiger partial charge in [-0.1, -0.05) is 25.5 Å². The number of hydrogen-bond donors (Lipinski definition) is 4. The summed E-state index contributed by atoms with van der Waals surface area (Å²) in [5, 5.41) is 19.4. The minimum Gasteiger partial charge on any atom is -0.508 e. The lowest BCUT2D eigenvalue weighted by Crippen LogP contribution is -2.04. The molecule has 2 aromatic rings. The molecular weight excluding hydrogens is 319 g/mol. The van der Waals surface area contributed by atoms with E-state index in [2.05, 4.69) is 0 Å². The molecule has 0 aromatic heterocycles. The Kier molecular flexibility index (Phi) is 5.31. The number of hydrogen-bond acceptors (Lipinski definition) is 4. The van der Waals surface area contributed by atoms with Gasteiger partial charge in [0.25, 0.3) is 0 Å². The fraction of sp³-hybridized carbons (Fsp3) is 0.250. The zero-order valence-corrected chi connectivity index (χ0v) is 13.5. The van der Waals surface area contributed by atoms with Crippen LogP contribution in [0.3, 0.4) is 0 Å². The first-order chi connectivity index (χ1) is 10.8. The summed E-state index contributed by atoms with van der Waals surface area (Å²) >= 11 is 0. The van der Waals surface area contributed by atoms with E-state index in [1.807, 2.05) is 13.0 Å². The molecule has 0 aliphatic rings. The van der Waals surface area contributed by atoms with Crippen molar-refractivity contribution in [2.24, 2.45) is 0 Å². The van der Waals surface area contributed by atoms with Crippen LogP contribution in [0.5, 0.6) is 17.2 Å². The highest BCUT2D eigenvalue weighted by atomic mass is 31.2. The van der Waals surface area contributed by atoms with Crippen molar-refractivity contribution in [2.75, 3.05) is 0 Å². The van der Waals surface area contributed by atoms with E-state index in [1.165, 1.54) is 18.2 Å². The average Bonchev–Trinajstić information content (AvgIpc) is 2.45. The van der Waals surface area contributed by atoms with Gasteiger partial charge in [0.05, 0.1) is 0 Å². The molecule has 0 fully saturated rings. The molecule has 23 heavy (non-hydrogen) atoms. The fourth-order valence-electron chi connectivity index (χ4n) is 2.55. The lowest BCUT2D eigenvalue weighted by Gasteiger charge is -2.21. The number of phenolic OH excluding ortho intramolecular Hbond substituents is 2. The van der Waals surface area contributed by atoms with Crippen LogP contribution in [-0.4, -0.2) is 20.0 Å². The Balaban J connectivity index is 2.54. The number of aromatic hydroxyl groups is 2. The minimum atomic E-state index is -4.72. The summed E-state index contributed by atoms with van der Waals surface area (Å²) < 4.78 is 15.9. The van der Waals surface area contributed by atoms with Gasteiger partial charge in [-0.05, 0) is 42.3 Å². The van der Waals surface area contributed by atoms with E-state index in [0.29, 0.717) is 12.0 Å². The number of phenols is 2. The van der Waals surface area contributed by atoms with Crippen LogP contribution in [0.1, 0.15) is 36.8 Å². The highest BCUT2D eigenvalue weighted by Gasteiger charge is 2.24. The predicted octanol–water partition coefficient (Wildman–Crippen LogP) is 3.50. The summed E-state index contributed by atoms with van der Waals surface area (Å²) in [4.78, 5) is 18.2. The van der Waals surface area contributed by atoms with E-state index < -0.39 is 7.82 Å². The molecule has 0 spiro atoms. The Morgan fingerprint density at radius 2 is 1.78 bits per heavy atom. The van der Waals surface area contributed by atoms with Crippen molar-refractivity contribution < 1.29 is 29.1 Å². The molecule has 4 N–H and O–H groups in total. The largest absolute Gasteiger partial charge is 0.524 e. The zero-order valence-electron chi connectivity index (χ0n) is 12.6. The topological polar surface area (TPSA) is 107 Å². The van der Waals surface area contributed by atoms with Gasteiger partial charge in [-0.2, -0.15) is 0 Å². The zero-order chi connectivity index (χ0) is 17.0. The van der Waals surface area contributed by atoms with E-state index in [4.69, 9.17) is 14.3 Å². The Hall–Kier alpha value is -2.01. The molecule has 0 aliphatic heterocycles. The maximum Gasteiger partial charge on any atom is 0.524 e. The molecule has 2 rings (SSSR count). The van der Waals surface area contributed by atoms with Crippen LogP contribution in [0, 0.1) is 0 Å². The van der Waals surface area contributed by atoms with Crippen LogP contribution < -0.4 is 4.52 Å². The molecule has 0 saturated heterocycles. The summed E-state index contributed by atoms with van der Waals surface area (Å²) in [7, 11) is -4.72. The molecule has 0 aliphatic carbocycles.